The monoisotopic (exact) mass is 909 g/mol. The maximum Gasteiger partial charge on any atom is 0.302 e. The Morgan fingerprint density at radius 3 is 2.22 bits per heavy atom. The Morgan fingerprint density at radius 1 is 0.952 bits per heavy atom. The van der Waals surface area contributed by atoms with Crippen molar-refractivity contribution in [2.45, 2.75) is 129 Å². The van der Waals surface area contributed by atoms with Crippen LogP contribution in [-0.4, -0.2) is 154 Å². The van der Waals surface area contributed by atoms with E-state index in [0.717, 1.165) is 9.80 Å². The van der Waals surface area contributed by atoms with Crippen LogP contribution in [0.3, 0.4) is 0 Å². The molecule has 3 heterocycles. The molecular weight excluding hydrogens is 851 g/mol. The van der Waals surface area contributed by atoms with Crippen molar-refractivity contribution in [1.82, 2.24) is 20.4 Å². The van der Waals surface area contributed by atoms with E-state index < -0.39 is 137 Å². The van der Waals surface area contributed by atoms with E-state index in [1.807, 2.05) is 0 Å². The molecule has 0 radical (unpaired) electrons. The number of carbonyl (C=O) groups is 8. The van der Waals surface area contributed by atoms with E-state index in [9.17, 15) is 57.0 Å². The van der Waals surface area contributed by atoms with Crippen molar-refractivity contribution in [2.75, 3.05) is 30.8 Å². The molecule has 0 bridgehead atoms. The van der Waals surface area contributed by atoms with E-state index in [1.54, 1.807) is 45.9 Å². The molecule has 21 nitrogen and oxygen atoms in total. The number of esters is 1. The number of carbonyl (C=O) groups excluding carboxylic acids is 8. The number of aryl methyl sites for hydroxylation is 1. The van der Waals surface area contributed by atoms with Gasteiger partial charge in [-0.2, -0.15) is 8.42 Å². The predicted molar refractivity (Wildman–Crippen MR) is 221 cm³/mol. The molecule has 0 spiro atoms. The highest BCUT2D eigenvalue weighted by Gasteiger charge is 2.50. The first-order chi connectivity index (χ1) is 29.4. The fraction of sp³-hybridized carbons (Fsp3) is 0.659. The largest absolute Gasteiger partial charge is 0.461 e. The second-order valence-corrected chi connectivity index (χ2v) is 18.4. The highest BCUT2D eigenvalue weighted by atomic mass is 32.2. The van der Waals surface area contributed by atoms with Gasteiger partial charge in [0.15, 0.2) is 5.78 Å². The summed E-state index contributed by atoms with van der Waals surface area (Å²) in [6, 6.07) is 0.317. The van der Waals surface area contributed by atoms with Crippen LogP contribution in [0.4, 0.5) is 5.69 Å². The van der Waals surface area contributed by atoms with Crippen LogP contribution in [-0.2, 0) is 75.7 Å². The Balaban J connectivity index is 1.42. The van der Waals surface area contributed by atoms with Crippen molar-refractivity contribution < 1.29 is 75.8 Å². The molecule has 3 saturated heterocycles. The number of amides is 6. The van der Waals surface area contributed by atoms with Gasteiger partial charge in [-0.05, 0) is 62.3 Å². The molecule has 6 amide bonds. The van der Waals surface area contributed by atoms with Crippen molar-refractivity contribution in [1.29, 1.82) is 0 Å². The SMILES string of the molecule is CC(=O)OCc1ccc(NC(=O)[C@H](C)NC(=O)[C@@H](NC(=O)CN2C(=O)[C@@H](N3C(=O)CC(C)C3=O)C[C@H]2COCCS(=O)(=O)O)C(C)C)cc1CC[C@@H]1O[C@H](C(C)=O)[C@@H](C)[C@H](O)[C@H]1O. The third-order valence-corrected chi connectivity index (χ3v) is 12.1. The average molecular weight is 910 g/mol. The van der Waals surface area contributed by atoms with E-state index in [-0.39, 0.29) is 44.7 Å². The summed E-state index contributed by atoms with van der Waals surface area (Å²) in [4.78, 5) is 105. The number of aliphatic hydroxyl groups is 2. The molecular formula is C41H59N5O16S. The number of aliphatic hydroxyl groups excluding tert-OH is 2. The van der Waals surface area contributed by atoms with Gasteiger partial charge in [-0.25, -0.2) is 0 Å². The first-order valence-corrected chi connectivity index (χ1v) is 22.4. The van der Waals surface area contributed by atoms with Gasteiger partial charge in [-0.15, -0.1) is 0 Å². The van der Waals surface area contributed by atoms with Crippen LogP contribution in [0.15, 0.2) is 18.2 Å². The fourth-order valence-corrected chi connectivity index (χ4v) is 8.18. The number of ether oxygens (including phenoxy) is 3. The quantitative estimate of drug-likeness (QED) is 0.0406. The lowest BCUT2D eigenvalue weighted by atomic mass is 9.84. The number of Topliss-reactive ketones (excluding diaryl/α,β-unsaturated/α-hetero) is 1. The summed E-state index contributed by atoms with van der Waals surface area (Å²) in [6.07, 6.45) is -4.13. The van der Waals surface area contributed by atoms with Gasteiger partial charge in [0.05, 0.1) is 43.8 Å². The lowest BCUT2D eigenvalue weighted by molar-refractivity contribution is -0.198. The summed E-state index contributed by atoms with van der Waals surface area (Å²) in [7, 11) is -4.36. The van der Waals surface area contributed by atoms with E-state index >= 15 is 0 Å². The van der Waals surface area contributed by atoms with E-state index in [1.165, 1.54) is 20.8 Å². The van der Waals surface area contributed by atoms with Crippen molar-refractivity contribution in [2.24, 2.45) is 17.8 Å². The summed E-state index contributed by atoms with van der Waals surface area (Å²) in [5.41, 5.74) is 1.48. The molecule has 10 atom stereocenters. The minimum atomic E-state index is -4.36. The van der Waals surface area contributed by atoms with Gasteiger partial charge in [0.25, 0.3) is 10.1 Å². The molecule has 0 aromatic heterocycles. The molecule has 3 fully saturated rings. The highest BCUT2D eigenvalue weighted by molar-refractivity contribution is 7.85. The van der Waals surface area contributed by atoms with Crippen LogP contribution >= 0.6 is 0 Å². The van der Waals surface area contributed by atoms with Crippen LogP contribution in [0.5, 0.6) is 0 Å². The summed E-state index contributed by atoms with van der Waals surface area (Å²) in [5, 5.41) is 29.2. The van der Waals surface area contributed by atoms with Gasteiger partial charge in [0, 0.05) is 30.9 Å². The molecule has 1 unspecified atom stereocenters. The molecule has 4 rings (SSSR count). The number of imide groups is 1. The molecule has 22 heteroatoms. The maximum atomic E-state index is 13.7. The van der Waals surface area contributed by atoms with Crippen molar-refractivity contribution in [3.05, 3.63) is 29.3 Å². The number of hydrogen-bond donors (Lipinski definition) is 6. The Hall–Kier alpha value is -4.87. The predicted octanol–water partition coefficient (Wildman–Crippen LogP) is -0.750. The highest BCUT2D eigenvalue weighted by Crippen LogP contribution is 2.32. The van der Waals surface area contributed by atoms with E-state index in [0.29, 0.717) is 16.8 Å². The second-order valence-electron chi connectivity index (χ2n) is 16.8. The fourth-order valence-electron chi connectivity index (χ4n) is 7.85. The third kappa shape index (κ3) is 13.3. The molecule has 63 heavy (non-hydrogen) atoms. The van der Waals surface area contributed by atoms with Crippen LogP contribution in [0.2, 0.25) is 0 Å². The summed E-state index contributed by atoms with van der Waals surface area (Å²) in [5.74, 6) is -7.36. The number of ketones is 1. The topological polar surface area (TPSA) is 302 Å². The maximum absolute atomic E-state index is 13.7. The van der Waals surface area contributed by atoms with Crippen molar-refractivity contribution in [3.63, 3.8) is 0 Å². The van der Waals surface area contributed by atoms with Gasteiger partial charge in [-0.1, -0.05) is 33.8 Å². The first kappa shape index (κ1) is 50.8. The summed E-state index contributed by atoms with van der Waals surface area (Å²) < 4.78 is 47.9. The van der Waals surface area contributed by atoms with Gasteiger partial charge in [0.1, 0.15) is 36.9 Å². The molecule has 3 aliphatic heterocycles. The van der Waals surface area contributed by atoms with Gasteiger partial charge in [0.2, 0.25) is 35.4 Å². The standard InChI is InChI=1S/C41H59N5O16S/c1-20(2)34(44-32(49)17-45-29(19-60-12-13-63(57,58)59)16-30(41(45)56)46-33(50)14-21(3)40(46)55)39(54)42-23(5)38(53)43-28-10-8-27(18-61-25(7)48)26(15-28)9-11-31-36(52)35(51)22(4)37(62-31)24(6)47/h8,10,15,20-23,29-31,34-37,51-52H,9,11-14,16-19H2,1-7H3,(H,42,54)(H,43,53)(H,44,49)(H,57,58,59)/t21?,22-,23-,29-,30-,31-,34-,35-,36-,37-/m0/s1. The van der Waals surface area contributed by atoms with Crippen molar-refractivity contribution >= 4 is 63.0 Å². The smallest absolute Gasteiger partial charge is 0.302 e. The summed E-state index contributed by atoms with van der Waals surface area (Å²) >= 11 is 0. The average Bonchev–Trinajstić information content (AvgIpc) is 3.63. The number of likely N-dealkylation sites (tertiary alicyclic amines) is 2. The Labute approximate surface area is 365 Å². The second kappa shape index (κ2) is 21.7. The lowest BCUT2D eigenvalue weighted by Gasteiger charge is -2.40. The number of nitrogens with zero attached hydrogens (tertiary/aromatic N) is 2. The van der Waals surface area contributed by atoms with Crippen LogP contribution in [0, 0.1) is 17.8 Å². The Kier molecular flexibility index (Phi) is 17.5. The van der Waals surface area contributed by atoms with Crippen LogP contribution in [0.1, 0.15) is 78.9 Å². The molecule has 350 valence electrons. The molecule has 0 saturated carbocycles. The molecule has 1 aromatic rings. The lowest BCUT2D eigenvalue weighted by Crippen LogP contribution is -2.56. The molecule has 3 aliphatic rings. The Bertz CT molecular complexity index is 2030. The van der Waals surface area contributed by atoms with Crippen LogP contribution < -0.4 is 16.0 Å². The van der Waals surface area contributed by atoms with Crippen molar-refractivity contribution in [3.8, 4) is 0 Å². The van der Waals surface area contributed by atoms with Gasteiger partial charge < -0.3 is 45.3 Å². The van der Waals surface area contributed by atoms with Gasteiger partial charge >= 0.3 is 5.97 Å². The molecule has 0 aliphatic carbocycles. The zero-order valence-electron chi connectivity index (χ0n) is 36.4. The zero-order valence-corrected chi connectivity index (χ0v) is 37.2. The van der Waals surface area contributed by atoms with E-state index in [2.05, 4.69) is 16.0 Å². The van der Waals surface area contributed by atoms with Gasteiger partial charge in [-0.3, -0.25) is 47.8 Å². The number of benzene rings is 1. The number of anilines is 1. The normalized spacial score (nSPS) is 26.1. The molecule has 6 N–H and O–H groups in total. The minimum Gasteiger partial charge on any atom is -0.461 e. The molecule has 1 aromatic carbocycles. The minimum absolute atomic E-state index is 0.0938. The third-order valence-electron chi connectivity index (χ3n) is 11.4. The number of nitrogens with one attached hydrogen (secondary N) is 3. The van der Waals surface area contributed by atoms with Crippen LogP contribution in [0.25, 0.3) is 0 Å². The summed E-state index contributed by atoms with van der Waals surface area (Å²) in [6.45, 7) is 8.98. The first-order valence-electron chi connectivity index (χ1n) is 20.8. The number of rotatable bonds is 20. The Morgan fingerprint density at radius 2 is 1.63 bits per heavy atom. The number of hydrogen-bond acceptors (Lipinski definition) is 15. The zero-order chi connectivity index (χ0) is 47.1. The van der Waals surface area contributed by atoms with E-state index in [4.69, 9.17) is 18.8 Å².